The lowest BCUT2D eigenvalue weighted by Crippen LogP contribution is -2.48. The van der Waals surface area contributed by atoms with Crippen LogP contribution in [0.4, 0.5) is 5.82 Å². The molecule has 2 heterocycles. The number of morpholine rings is 1. The number of hydrogen-bond donors (Lipinski definition) is 2. The molecule has 0 aliphatic carbocycles. The number of nitrogens with zero attached hydrogens (tertiary/aromatic N) is 2. The molecule has 1 fully saturated rings. The molecular formula is C11H18N4O3S. The maximum absolute atomic E-state index is 12.5. The average molecular weight is 286 g/mol. The van der Waals surface area contributed by atoms with Gasteiger partial charge >= 0.3 is 0 Å². The predicted octanol–water partition coefficient (Wildman–Crippen LogP) is 0.165. The second-order valence-electron chi connectivity index (χ2n) is 4.60. The van der Waals surface area contributed by atoms with Crippen molar-refractivity contribution in [2.45, 2.75) is 31.0 Å². The zero-order chi connectivity index (χ0) is 14.0. The number of nitrogens with two attached hydrogens (primary N) is 1. The van der Waals surface area contributed by atoms with Gasteiger partial charge in [0.1, 0.15) is 10.7 Å². The number of nitrogens with one attached hydrogen (secondary N) is 1. The fourth-order valence-corrected chi connectivity index (χ4v) is 3.63. The number of nitrogen functional groups attached to an aromatic ring is 1. The van der Waals surface area contributed by atoms with E-state index >= 15 is 0 Å². The minimum Gasteiger partial charge on any atom is -0.373 e. The van der Waals surface area contributed by atoms with Crippen LogP contribution < -0.4 is 11.3 Å². The normalized spacial score (nSPS) is 25.2. The van der Waals surface area contributed by atoms with Crippen LogP contribution in [0, 0.1) is 0 Å². The Balaban J connectivity index is 2.25. The van der Waals surface area contributed by atoms with Gasteiger partial charge in [0.05, 0.1) is 12.2 Å². The van der Waals surface area contributed by atoms with Gasteiger partial charge in [-0.1, -0.05) is 0 Å². The highest BCUT2D eigenvalue weighted by molar-refractivity contribution is 7.89. The Labute approximate surface area is 112 Å². The first-order valence-electron chi connectivity index (χ1n) is 6.01. The first-order valence-corrected chi connectivity index (χ1v) is 7.45. The molecule has 1 saturated heterocycles. The van der Waals surface area contributed by atoms with Crippen molar-refractivity contribution < 1.29 is 13.2 Å². The monoisotopic (exact) mass is 286 g/mol. The summed E-state index contributed by atoms with van der Waals surface area (Å²) in [4.78, 5) is 4.08. The largest absolute Gasteiger partial charge is 0.373 e. The van der Waals surface area contributed by atoms with Crippen molar-refractivity contribution in [3.63, 3.8) is 0 Å². The molecule has 2 rings (SSSR count). The molecule has 1 aliphatic heterocycles. The molecule has 3 N–H and O–H groups in total. The zero-order valence-corrected chi connectivity index (χ0v) is 11.7. The Bertz CT molecular complexity index is 521. The Hall–Kier alpha value is -1.22. The molecule has 0 bridgehead atoms. The molecule has 1 aromatic heterocycles. The molecule has 2 atom stereocenters. The summed E-state index contributed by atoms with van der Waals surface area (Å²) in [5.74, 6) is 5.62. The molecular weight excluding hydrogens is 268 g/mol. The van der Waals surface area contributed by atoms with E-state index in [4.69, 9.17) is 10.6 Å². The van der Waals surface area contributed by atoms with Crippen LogP contribution in [0.5, 0.6) is 0 Å². The van der Waals surface area contributed by atoms with Crippen LogP contribution in [-0.2, 0) is 14.8 Å². The third-order valence-corrected chi connectivity index (χ3v) is 4.72. The third-order valence-electron chi connectivity index (χ3n) is 2.91. The van der Waals surface area contributed by atoms with Gasteiger partial charge in [-0.05, 0) is 26.0 Å². The predicted molar refractivity (Wildman–Crippen MR) is 70.8 cm³/mol. The molecule has 2 unspecified atom stereocenters. The molecule has 7 nitrogen and oxygen atoms in total. The van der Waals surface area contributed by atoms with Crippen LogP contribution in [-0.4, -0.2) is 43.0 Å². The van der Waals surface area contributed by atoms with Gasteiger partial charge in [0.15, 0.2) is 0 Å². The quantitative estimate of drug-likeness (QED) is 0.607. The number of rotatable bonds is 3. The van der Waals surface area contributed by atoms with Crippen LogP contribution in [0.25, 0.3) is 0 Å². The molecule has 1 aromatic rings. The first kappa shape index (κ1) is 14.2. The number of pyridine rings is 1. The standard InChI is InChI=1S/C11H18N4O3S/c1-8-6-15(7-9(2)18-8)19(16,17)10-3-4-11(14-12)13-5-10/h3-5,8-9H,6-7,12H2,1-2H3,(H,13,14). The number of anilines is 1. The molecule has 8 heteroatoms. The molecule has 0 aromatic carbocycles. The van der Waals surface area contributed by atoms with Crippen LogP contribution in [0.1, 0.15) is 13.8 Å². The van der Waals surface area contributed by atoms with Crippen LogP contribution >= 0.6 is 0 Å². The lowest BCUT2D eigenvalue weighted by atomic mass is 10.3. The van der Waals surface area contributed by atoms with Crippen molar-refractivity contribution in [3.05, 3.63) is 18.3 Å². The Morgan fingerprint density at radius 2 is 2.00 bits per heavy atom. The fraction of sp³-hybridized carbons (Fsp3) is 0.545. The summed E-state index contributed by atoms with van der Waals surface area (Å²) in [5.41, 5.74) is 2.36. The number of sulfonamides is 1. The van der Waals surface area contributed by atoms with Gasteiger partial charge in [0.25, 0.3) is 0 Å². The third kappa shape index (κ3) is 3.03. The van der Waals surface area contributed by atoms with Gasteiger partial charge in [-0.3, -0.25) is 0 Å². The maximum atomic E-state index is 12.5. The Kier molecular flexibility index (Phi) is 4.04. The summed E-state index contributed by atoms with van der Waals surface area (Å²) < 4.78 is 31.9. The number of aromatic nitrogens is 1. The molecule has 106 valence electrons. The summed E-state index contributed by atoms with van der Waals surface area (Å²) in [7, 11) is -3.53. The highest BCUT2D eigenvalue weighted by Gasteiger charge is 2.32. The Morgan fingerprint density at radius 3 is 2.47 bits per heavy atom. The highest BCUT2D eigenvalue weighted by Crippen LogP contribution is 2.21. The van der Waals surface area contributed by atoms with Gasteiger partial charge in [-0.15, -0.1) is 0 Å². The van der Waals surface area contributed by atoms with Gasteiger partial charge in [-0.2, -0.15) is 4.31 Å². The van der Waals surface area contributed by atoms with E-state index in [2.05, 4.69) is 10.4 Å². The van der Waals surface area contributed by atoms with E-state index in [0.29, 0.717) is 18.9 Å². The van der Waals surface area contributed by atoms with Crippen LogP contribution in [0.2, 0.25) is 0 Å². The SMILES string of the molecule is CC1CN(S(=O)(=O)c2ccc(NN)nc2)CC(C)O1. The zero-order valence-electron chi connectivity index (χ0n) is 10.9. The minimum absolute atomic E-state index is 0.114. The molecule has 0 radical (unpaired) electrons. The van der Waals surface area contributed by atoms with Crippen LogP contribution in [0.3, 0.4) is 0 Å². The van der Waals surface area contributed by atoms with E-state index in [1.54, 1.807) is 0 Å². The van der Waals surface area contributed by atoms with Gasteiger partial charge < -0.3 is 10.2 Å². The second kappa shape index (κ2) is 5.41. The second-order valence-corrected chi connectivity index (χ2v) is 6.54. The average Bonchev–Trinajstić information content (AvgIpc) is 2.37. The van der Waals surface area contributed by atoms with Crippen molar-refractivity contribution in [2.75, 3.05) is 18.5 Å². The summed E-state index contributed by atoms with van der Waals surface area (Å²) in [6.07, 6.45) is 1.07. The van der Waals surface area contributed by atoms with Crippen LogP contribution in [0.15, 0.2) is 23.2 Å². The lowest BCUT2D eigenvalue weighted by Gasteiger charge is -2.34. The number of hydrogen-bond acceptors (Lipinski definition) is 6. The number of hydrazine groups is 1. The van der Waals surface area contributed by atoms with E-state index in [0.717, 1.165) is 0 Å². The van der Waals surface area contributed by atoms with Crippen molar-refractivity contribution in [2.24, 2.45) is 5.84 Å². The van der Waals surface area contributed by atoms with E-state index in [9.17, 15) is 8.42 Å². The molecule has 0 amide bonds. The van der Waals surface area contributed by atoms with Gasteiger partial charge in [-0.25, -0.2) is 19.2 Å². The Morgan fingerprint density at radius 1 is 1.37 bits per heavy atom. The summed E-state index contributed by atoms with van der Waals surface area (Å²) in [5, 5.41) is 0. The minimum atomic E-state index is -3.53. The molecule has 0 saturated carbocycles. The summed E-state index contributed by atoms with van der Waals surface area (Å²) in [6.45, 7) is 4.42. The van der Waals surface area contributed by atoms with E-state index in [1.807, 2.05) is 13.8 Å². The van der Waals surface area contributed by atoms with E-state index in [-0.39, 0.29) is 17.1 Å². The first-order chi connectivity index (χ1) is 8.93. The van der Waals surface area contributed by atoms with Crippen molar-refractivity contribution >= 4 is 15.8 Å². The molecule has 1 aliphatic rings. The van der Waals surface area contributed by atoms with Crippen molar-refractivity contribution in [1.29, 1.82) is 0 Å². The summed E-state index contributed by atoms with van der Waals surface area (Å²) >= 11 is 0. The highest BCUT2D eigenvalue weighted by atomic mass is 32.2. The summed E-state index contributed by atoms with van der Waals surface area (Å²) in [6, 6.07) is 3.02. The van der Waals surface area contributed by atoms with E-state index < -0.39 is 10.0 Å². The van der Waals surface area contributed by atoms with Crippen molar-refractivity contribution in [3.8, 4) is 0 Å². The van der Waals surface area contributed by atoms with Gasteiger partial charge in [0, 0.05) is 19.3 Å². The molecule has 19 heavy (non-hydrogen) atoms. The smallest absolute Gasteiger partial charge is 0.244 e. The fourth-order valence-electron chi connectivity index (χ4n) is 2.09. The number of ether oxygens (including phenoxy) is 1. The lowest BCUT2D eigenvalue weighted by molar-refractivity contribution is -0.0440. The molecule has 0 spiro atoms. The topological polar surface area (TPSA) is 97.6 Å². The van der Waals surface area contributed by atoms with Crippen molar-refractivity contribution in [1.82, 2.24) is 9.29 Å². The van der Waals surface area contributed by atoms with E-state index in [1.165, 1.54) is 22.6 Å². The van der Waals surface area contributed by atoms with Gasteiger partial charge in [0.2, 0.25) is 10.0 Å². The maximum Gasteiger partial charge on any atom is 0.244 e.